The maximum Gasteiger partial charge on any atom is 0.251 e. The maximum absolute atomic E-state index is 12.8. The number of aromatic nitrogens is 1. The number of nitrogens with one attached hydrogen (secondary N) is 2. The molecular weight excluding hydrogens is 474 g/mol. The Morgan fingerprint density at radius 2 is 1.97 bits per heavy atom. The summed E-state index contributed by atoms with van der Waals surface area (Å²) in [4.78, 5) is 21.0. The zero-order valence-electron chi connectivity index (χ0n) is 22.6. The Morgan fingerprint density at radius 1 is 1.21 bits per heavy atom. The average Bonchev–Trinajstić information content (AvgIpc) is 3.39. The number of likely N-dealkylation sites (tertiary alicyclic amines) is 2. The Kier molecular flexibility index (Phi) is 6.41. The number of fused-ring (bicyclic) bond motifs is 1. The molecule has 1 saturated carbocycles. The highest BCUT2D eigenvalue weighted by Crippen LogP contribution is 2.56. The van der Waals surface area contributed by atoms with Crippen LogP contribution in [0.25, 0.3) is 10.9 Å². The van der Waals surface area contributed by atoms with E-state index < -0.39 is 0 Å². The van der Waals surface area contributed by atoms with Gasteiger partial charge in [-0.3, -0.25) is 9.69 Å². The molecule has 2 aliphatic heterocycles. The van der Waals surface area contributed by atoms with Gasteiger partial charge in [0.05, 0.1) is 19.2 Å². The Morgan fingerprint density at radius 3 is 2.66 bits per heavy atom. The number of likely N-dealkylation sites (N-methyl/N-ethyl adjacent to an activating group) is 1. The van der Waals surface area contributed by atoms with Crippen molar-refractivity contribution in [2.45, 2.75) is 51.2 Å². The number of carbonyl (C=O) groups excluding carboxylic acids is 1. The molecule has 0 radical (unpaired) electrons. The van der Waals surface area contributed by atoms with E-state index in [-0.39, 0.29) is 29.3 Å². The quantitative estimate of drug-likeness (QED) is 0.497. The molecule has 1 atom stereocenters. The molecule has 1 aromatic heterocycles. The largest absolute Gasteiger partial charge is 0.496 e. The van der Waals surface area contributed by atoms with Gasteiger partial charge in [0.15, 0.2) is 0 Å². The molecule has 2 N–H and O–H groups in total. The fourth-order valence-electron chi connectivity index (χ4n) is 7.04. The van der Waals surface area contributed by atoms with Crippen LogP contribution in [-0.4, -0.2) is 60.5 Å². The molecule has 2 aromatic carbocycles. The summed E-state index contributed by atoms with van der Waals surface area (Å²) < 4.78 is 5.86. The van der Waals surface area contributed by atoms with E-state index in [9.17, 15) is 10.1 Å². The smallest absolute Gasteiger partial charge is 0.251 e. The summed E-state index contributed by atoms with van der Waals surface area (Å²) in [7, 11) is 3.82. The molecule has 7 heteroatoms. The molecule has 3 fully saturated rings. The minimum Gasteiger partial charge on any atom is -0.496 e. The molecule has 1 aliphatic carbocycles. The number of benzene rings is 2. The van der Waals surface area contributed by atoms with E-state index in [1.54, 1.807) is 7.11 Å². The number of hydrogen-bond acceptors (Lipinski definition) is 5. The van der Waals surface area contributed by atoms with Gasteiger partial charge in [-0.05, 0) is 87.0 Å². The van der Waals surface area contributed by atoms with Crippen LogP contribution in [0.15, 0.2) is 42.6 Å². The molecular formula is C31H37N5O2. The second-order valence-corrected chi connectivity index (χ2v) is 11.8. The monoisotopic (exact) mass is 511 g/mol. The molecule has 3 aromatic rings. The zero-order valence-corrected chi connectivity index (χ0v) is 22.6. The van der Waals surface area contributed by atoms with Crippen LogP contribution in [0.2, 0.25) is 0 Å². The average molecular weight is 512 g/mol. The zero-order chi connectivity index (χ0) is 26.4. The first-order valence-electron chi connectivity index (χ1n) is 13.7. The van der Waals surface area contributed by atoms with Gasteiger partial charge in [0.25, 0.3) is 5.91 Å². The number of nitrogens with zero attached hydrogens (tertiary/aromatic N) is 3. The number of carbonyl (C=O) groups is 1. The SMILES string of the molecule is COc1cc(C)c2[nH]ccc2c1CN1CCC2(CC(C#N)C2)CC1c1ccc(C(=O)NC2CN(C)C2)cc1. The molecule has 7 nitrogen and oxygen atoms in total. The summed E-state index contributed by atoms with van der Waals surface area (Å²) in [6.07, 6.45) is 6.16. The summed E-state index contributed by atoms with van der Waals surface area (Å²) in [6, 6.07) is 15.4. The Bertz CT molecular complexity index is 1380. The highest BCUT2D eigenvalue weighted by atomic mass is 16.5. The van der Waals surface area contributed by atoms with Crippen LogP contribution < -0.4 is 10.1 Å². The van der Waals surface area contributed by atoms with Gasteiger partial charge in [-0.2, -0.15) is 5.26 Å². The van der Waals surface area contributed by atoms with E-state index in [2.05, 4.69) is 64.4 Å². The van der Waals surface area contributed by atoms with Crippen molar-refractivity contribution in [3.05, 3.63) is 64.8 Å². The minimum atomic E-state index is 0.00159. The van der Waals surface area contributed by atoms with E-state index in [0.717, 1.165) is 63.1 Å². The molecule has 2 saturated heterocycles. The van der Waals surface area contributed by atoms with Crippen LogP contribution in [0.1, 0.15) is 58.8 Å². The topological polar surface area (TPSA) is 84.4 Å². The van der Waals surface area contributed by atoms with Crippen LogP contribution in [-0.2, 0) is 6.54 Å². The molecule has 3 aliphatic rings. The first-order valence-corrected chi connectivity index (χ1v) is 13.7. The number of methoxy groups -OCH3 is 1. The summed E-state index contributed by atoms with van der Waals surface area (Å²) in [5.74, 6) is 1.12. The van der Waals surface area contributed by atoms with E-state index in [0.29, 0.717) is 5.56 Å². The van der Waals surface area contributed by atoms with E-state index >= 15 is 0 Å². The number of aryl methyl sites for hydroxylation is 1. The molecule has 198 valence electrons. The molecule has 38 heavy (non-hydrogen) atoms. The molecule has 6 rings (SSSR count). The van der Waals surface area contributed by atoms with Crippen LogP contribution in [0.5, 0.6) is 5.75 Å². The number of piperidine rings is 1. The number of ether oxygens (including phenoxy) is 1. The Labute approximate surface area is 224 Å². The van der Waals surface area contributed by atoms with E-state index in [4.69, 9.17) is 4.74 Å². The van der Waals surface area contributed by atoms with Crippen LogP contribution >= 0.6 is 0 Å². The van der Waals surface area contributed by atoms with Gasteiger partial charge >= 0.3 is 0 Å². The van der Waals surface area contributed by atoms with Crippen molar-refractivity contribution in [3.63, 3.8) is 0 Å². The molecule has 1 amide bonds. The second kappa shape index (κ2) is 9.76. The first kappa shape index (κ1) is 25.0. The summed E-state index contributed by atoms with van der Waals surface area (Å²) in [5, 5.41) is 13.8. The molecule has 3 heterocycles. The summed E-state index contributed by atoms with van der Waals surface area (Å²) in [5.41, 5.74) is 5.74. The number of aromatic amines is 1. The van der Waals surface area contributed by atoms with E-state index in [1.807, 2.05) is 18.3 Å². The lowest BCUT2D eigenvalue weighted by Gasteiger charge is -2.53. The van der Waals surface area contributed by atoms with Gasteiger partial charge in [0, 0.05) is 59.8 Å². The third kappa shape index (κ3) is 4.46. The van der Waals surface area contributed by atoms with Gasteiger partial charge in [-0.1, -0.05) is 12.1 Å². The fraction of sp³-hybridized carbons (Fsp3) is 0.484. The van der Waals surface area contributed by atoms with Crippen molar-refractivity contribution in [1.82, 2.24) is 20.1 Å². The van der Waals surface area contributed by atoms with Gasteiger partial charge in [0.2, 0.25) is 0 Å². The molecule has 1 unspecified atom stereocenters. The van der Waals surface area contributed by atoms with Crippen molar-refractivity contribution in [3.8, 4) is 11.8 Å². The van der Waals surface area contributed by atoms with Gasteiger partial charge in [-0.25, -0.2) is 0 Å². The standard InChI is InChI=1S/C31H37N5O2/c1-20-12-28(38-3)26(25-8-10-33-29(20)25)19-36-11-9-31(13-21(14-31)16-32)15-27(36)22-4-6-23(7-5-22)30(37)34-24-17-35(2)18-24/h4-8,10,12,21,24,27,33H,9,11,13-15,17-19H2,1-3H3,(H,34,37). The predicted molar refractivity (Wildman–Crippen MR) is 148 cm³/mol. The third-order valence-electron chi connectivity index (χ3n) is 9.19. The van der Waals surface area contributed by atoms with Crippen LogP contribution in [0, 0.1) is 29.6 Å². The highest BCUT2D eigenvalue weighted by molar-refractivity contribution is 5.94. The maximum atomic E-state index is 12.8. The van der Waals surface area contributed by atoms with Crippen molar-refractivity contribution in [2.75, 3.05) is 33.8 Å². The molecule has 0 bridgehead atoms. The summed E-state index contributed by atoms with van der Waals surface area (Å²) in [6.45, 7) is 5.69. The van der Waals surface area contributed by atoms with E-state index in [1.165, 1.54) is 22.1 Å². The van der Waals surface area contributed by atoms with Gasteiger partial charge in [0.1, 0.15) is 5.75 Å². The van der Waals surface area contributed by atoms with Gasteiger partial charge in [-0.15, -0.1) is 0 Å². The minimum absolute atomic E-state index is 0.00159. The van der Waals surface area contributed by atoms with Crippen molar-refractivity contribution in [2.24, 2.45) is 11.3 Å². The van der Waals surface area contributed by atoms with Crippen molar-refractivity contribution >= 4 is 16.8 Å². The van der Waals surface area contributed by atoms with Crippen LogP contribution in [0.4, 0.5) is 0 Å². The van der Waals surface area contributed by atoms with Crippen molar-refractivity contribution in [1.29, 1.82) is 5.26 Å². The normalized spacial score (nSPS) is 26.1. The molecule has 1 spiro atoms. The number of amides is 1. The highest BCUT2D eigenvalue weighted by Gasteiger charge is 2.49. The lowest BCUT2D eigenvalue weighted by Crippen LogP contribution is -2.57. The second-order valence-electron chi connectivity index (χ2n) is 11.8. The Hall–Kier alpha value is -3.34. The predicted octanol–water partition coefficient (Wildman–Crippen LogP) is 4.79. The third-order valence-corrected chi connectivity index (χ3v) is 9.19. The Balaban J connectivity index is 1.27. The lowest BCUT2D eigenvalue weighted by atomic mass is 9.56. The number of H-pyrrole nitrogens is 1. The first-order chi connectivity index (χ1) is 18.4. The van der Waals surface area contributed by atoms with Crippen molar-refractivity contribution < 1.29 is 9.53 Å². The van der Waals surface area contributed by atoms with Crippen LogP contribution in [0.3, 0.4) is 0 Å². The lowest BCUT2D eigenvalue weighted by molar-refractivity contribution is -0.0298. The number of nitriles is 1. The fourth-order valence-corrected chi connectivity index (χ4v) is 7.04. The van der Waals surface area contributed by atoms with Gasteiger partial charge < -0.3 is 19.9 Å². The summed E-state index contributed by atoms with van der Waals surface area (Å²) >= 11 is 0. The number of rotatable bonds is 6. The number of hydrogen-bond donors (Lipinski definition) is 2.